The van der Waals surface area contributed by atoms with Crippen LogP contribution in [-0.4, -0.2) is 73.0 Å². The van der Waals surface area contributed by atoms with E-state index in [1.54, 1.807) is 16.8 Å². The first-order chi connectivity index (χ1) is 11.6. The Balaban J connectivity index is 1.63. The predicted molar refractivity (Wildman–Crippen MR) is 90.1 cm³/mol. The molecular formula is C18H25N3O3. The maximum absolute atomic E-state index is 12.6. The van der Waals surface area contributed by atoms with Crippen LogP contribution >= 0.6 is 0 Å². The highest BCUT2D eigenvalue weighted by Gasteiger charge is 2.39. The minimum Gasteiger partial charge on any atom is -0.368 e. The van der Waals surface area contributed by atoms with Gasteiger partial charge in [0.2, 0.25) is 5.91 Å². The van der Waals surface area contributed by atoms with Gasteiger partial charge >= 0.3 is 0 Å². The minimum atomic E-state index is -0.340. The van der Waals surface area contributed by atoms with Gasteiger partial charge in [-0.05, 0) is 25.5 Å². The Labute approximate surface area is 143 Å². The maximum atomic E-state index is 12.6. The molecule has 0 spiro atoms. The number of likely N-dealkylation sites (tertiary alicyclic amines) is 1. The zero-order chi connectivity index (χ0) is 17.1. The summed E-state index contributed by atoms with van der Waals surface area (Å²) in [6.07, 6.45) is 1.69. The SMILES string of the molecule is CN1CCC(OCC(=O)N2CC(=O)N(C)C2c2ccccc2)CC1. The summed E-state index contributed by atoms with van der Waals surface area (Å²) >= 11 is 0. The van der Waals surface area contributed by atoms with E-state index in [1.165, 1.54) is 0 Å². The molecule has 6 heteroatoms. The molecule has 0 saturated carbocycles. The minimum absolute atomic E-state index is 0.0405. The van der Waals surface area contributed by atoms with Gasteiger partial charge in [0.05, 0.1) is 6.10 Å². The van der Waals surface area contributed by atoms with E-state index in [0.29, 0.717) is 0 Å². The van der Waals surface area contributed by atoms with E-state index in [1.807, 2.05) is 30.3 Å². The van der Waals surface area contributed by atoms with Crippen molar-refractivity contribution in [3.05, 3.63) is 35.9 Å². The highest BCUT2D eigenvalue weighted by Crippen LogP contribution is 2.29. The van der Waals surface area contributed by atoms with Crippen molar-refractivity contribution in [3.8, 4) is 0 Å². The molecule has 2 heterocycles. The van der Waals surface area contributed by atoms with Gasteiger partial charge in [0, 0.05) is 20.1 Å². The second-order valence-corrected chi connectivity index (χ2v) is 6.62. The quantitative estimate of drug-likeness (QED) is 0.829. The molecule has 0 bridgehead atoms. The van der Waals surface area contributed by atoms with Crippen molar-refractivity contribution in [2.24, 2.45) is 0 Å². The van der Waals surface area contributed by atoms with Crippen molar-refractivity contribution in [1.29, 1.82) is 0 Å². The lowest BCUT2D eigenvalue weighted by Gasteiger charge is -2.31. The molecule has 0 radical (unpaired) electrons. The van der Waals surface area contributed by atoms with Crippen LogP contribution in [-0.2, 0) is 14.3 Å². The zero-order valence-electron chi connectivity index (χ0n) is 14.4. The molecule has 2 fully saturated rings. The highest BCUT2D eigenvalue weighted by atomic mass is 16.5. The molecule has 1 aromatic rings. The number of carbonyl (C=O) groups is 2. The summed E-state index contributed by atoms with van der Waals surface area (Å²) in [7, 11) is 3.84. The van der Waals surface area contributed by atoms with Gasteiger partial charge in [-0.1, -0.05) is 30.3 Å². The normalized spacial score (nSPS) is 23.1. The molecule has 0 aromatic heterocycles. The third-order valence-electron chi connectivity index (χ3n) is 4.89. The summed E-state index contributed by atoms with van der Waals surface area (Å²) in [5.41, 5.74) is 0.943. The van der Waals surface area contributed by atoms with Crippen molar-refractivity contribution in [3.63, 3.8) is 0 Å². The van der Waals surface area contributed by atoms with E-state index in [4.69, 9.17) is 4.74 Å². The average molecular weight is 331 g/mol. The third kappa shape index (κ3) is 3.60. The summed E-state index contributed by atoms with van der Waals surface area (Å²) in [6, 6.07) is 9.65. The van der Waals surface area contributed by atoms with Gasteiger partial charge in [-0.15, -0.1) is 0 Å². The van der Waals surface area contributed by atoms with Gasteiger partial charge in [0.25, 0.3) is 5.91 Å². The number of hydrogen-bond donors (Lipinski definition) is 0. The van der Waals surface area contributed by atoms with Crippen LogP contribution in [0.15, 0.2) is 30.3 Å². The Morgan fingerprint density at radius 2 is 1.83 bits per heavy atom. The van der Waals surface area contributed by atoms with Gasteiger partial charge < -0.3 is 19.4 Å². The first-order valence-corrected chi connectivity index (χ1v) is 8.46. The molecule has 0 N–H and O–H groups in total. The Morgan fingerprint density at radius 1 is 1.17 bits per heavy atom. The Bertz CT molecular complexity index is 584. The van der Waals surface area contributed by atoms with Crippen molar-refractivity contribution in [2.75, 3.05) is 40.3 Å². The van der Waals surface area contributed by atoms with Crippen LogP contribution in [0, 0.1) is 0 Å². The number of carbonyl (C=O) groups excluding carboxylic acids is 2. The molecule has 2 amide bonds. The van der Waals surface area contributed by atoms with Crippen LogP contribution in [0.25, 0.3) is 0 Å². The van der Waals surface area contributed by atoms with Crippen molar-refractivity contribution < 1.29 is 14.3 Å². The number of nitrogens with zero attached hydrogens (tertiary/aromatic N) is 3. The smallest absolute Gasteiger partial charge is 0.250 e. The van der Waals surface area contributed by atoms with Crippen molar-refractivity contribution in [1.82, 2.24) is 14.7 Å². The summed E-state index contributed by atoms with van der Waals surface area (Å²) in [5, 5.41) is 0. The Hall–Kier alpha value is -1.92. The molecular weight excluding hydrogens is 306 g/mol. The lowest BCUT2D eigenvalue weighted by atomic mass is 10.1. The fourth-order valence-corrected chi connectivity index (χ4v) is 3.37. The van der Waals surface area contributed by atoms with Crippen molar-refractivity contribution >= 4 is 11.8 Å². The molecule has 2 aliphatic heterocycles. The summed E-state index contributed by atoms with van der Waals surface area (Å²) < 4.78 is 5.81. The maximum Gasteiger partial charge on any atom is 0.250 e. The molecule has 130 valence electrons. The molecule has 0 aliphatic carbocycles. The fraction of sp³-hybridized carbons (Fsp3) is 0.556. The number of likely N-dealkylation sites (N-methyl/N-ethyl adjacent to an activating group) is 1. The second kappa shape index (κ2) is 7.32. The Morgan fingerprint density at radius 3 is 2.50 bits per heavy atom. The number of hydrogen-bond acceptors (Lipinski definition) is 4. The average Bonchev–Trinajstić information content (AvgIpc) is 2.90. The molecule has 3 rings (SSSR count). The standard InChI is InChI=1S/C18H25N3O3/c1-19-10-8-15(9-11-19)24-13-17(23)21-12-16(22)20(2)18(21)14-6-4-3-5-7-14/h3-7,15,18H,8-13H2,1-2H3. The van der Waals surface area contributed by atoms with Gasteiger partial charge in [0.15, 0.2) is 0 Å². The number of ether oxygens (including phenoxy) is 1. The summed E-state index contributed by atoms with van der Waals surface area (Å²) in [6.45, 7) is 2.15. The highest BCUT2D eigenvalue weighted by molar-refractivity contribution is 5.89. The zero-order valence-corrected chi connectivity index (χ0v) is 14.4. The number of benzene rings is 1. The first-order valence-electron chi connectivity index (χ1n) is 8.46. The van der Waals surface area contributed by atoms with Crippen LogP contribution < -0.4 is 0 Å². The van der Waals surface area contributed by atoms with E-state index >= 15 is 0 Å². The Kier molecular flexibility index (Phi) is 5.16. The van der Waals surface area contributed by atoms with Crippen LogP contribution in [0.2, 0.25) is 0 Å². The lowest BCUT2D eigenvalue weighted by molar-refractivity contribution is -0.141. The molecule has 1 aromatic carbocycles. The fourth-order valence-electron chi connectivity index (χ4n) is 3.37. The van der Waals surface area contributed by atoms with Gasteiger partial charge in [-0.3, -0.25) is 9.59 Å². The number of piperidine rings is 1. The van der Waals surface area contributed by atoms with Gasteiger partial charge in [-0.25, -0.2) is 0 Å². The van der Waals surface area contributed by atoms with Crippen LogP contribution in [0.5, 0.6) is 0 Å². The number of rotatable bonds is 4. The van der Waals surface area contributed by atoms with E-state index < -0.39 is 0 Å². The van der Waals surface area contributed by atoms with Gasteiger partial charge in [0.1, 0.15) is 19.3 Å². The third-order valence-corrected chi connectivity index (χ3v) is 4.89. The predicted octanol–water partition coefficient (Wildman–Crippen LogP) is 1.10. The molecule has 6 nitrogen and oxygen atoms in total. The monoisotopic (exact) mass is 331 g/mol. The first kappa shape index (κ1) is 16.9. The van der Waals surface area contributed by atoms with Crippen LogP contribution in [0.3, 0.4) is 0 Å². The molecule has 1 unspecified atom stereocenters. The van der Waals surface area contributed by atoms with E-state index in [9.17, 15) is 9.59 Å². The van der Waals surface area contributed by atoms with E-state index in [-0.39, 0.29) is 37.2 Å². The molecule has 24 heavy (non-hydrogen) atoms. The lowest BCUT2D eigenvalue weighted by Crippen LogP contribution is -2.39. The van der Waals surface area contributed by atoms with E-state index in [2.05, 4.69) is 11.9 Å². The summed E-state index contributed by atoms with van der Waals surface area (Å²) in [5.74, 6) is -0.169. The second-order valence-electron chi connectivity index (χ2n) is 6.62. The molecule has 2 aliphatic rings. The number of amides is 2. The van der Waals surface area contributed by atoms with E-state index in [0.717, 1.165) is 31.5 Å². The largest absolute Gasteiger partial charge is 0.368 e. The molecule has 1 atom stereocenters. The topological polar surface area (TPSA) is 53.1 Å². The summed E-state index contributed by atoms with van der Waals surface area (Å²) in [4.78, 5) is 30.2. The van der Waals surface area contributed by atoms with Crippen LogP contribution in [0.1, 0.15) is 24.6 Å². The van der Waals surface area contributed by atoms with Crippen LogP contribution in [0.4, 0.5) is 0 Å². The molecule has 2 saturated heterocycles. The van der Waals surface area contributed by atoms with Gasteiger partial charge in [-0.2, -0.15) is 0 Å². The van der Waals surface area contributed by atoms with Crippen molar-refractivity contribution in [2.45, 2.75) is 25.1 Å².